The Labute approximate surface area is 203 Å². The maximum atomic E-state index is 2.42. The predicted molar refractivity (Wildman–Crippen MR) is 142 cm³/mol. The van der Waals surface area contributed by atoms with Gasteiger partial charge in [-0.25, -0.2) is 13.7 Å². The first-order chi connectivity index (χ1) is 17.1. The van der Waals surface area contributed by atoms with Crippen LogP contribution in [0.5, 0.6) is 0 Å². The third kappa shape index (κ3) is 2.68. The molecule has 7 rings (SSSR count). The Kier molecular flexibility index (Phi) is 4.15. The zero-order chi connectivity index (χ0) is 23.7. The van der Waals surface area contributed by atoms with Crippen LogP contribution >= 0.6 is 0 Å². The number of hydrogen-bond acceptors (Lipinski definition) is 0. The number of benzene rings is 3. The van der Waals surface area contributed by atoms with Gasteiger partial charge in [0.15, 0.2) is 0 Å². The highest BCUT2D eigenvalue weighted by Gasteiger charge is 2.28. The topological polar surface area (TPSA) is 17.6 Å². The van der Waals surface area contributed by atoms with Crippen LogP contribution < -0.4 is 9.13 Å². The summed E-state index contributed by atoms with van der Waals surface area (Å²) in [5.41, 5.74) is 7.26. The standard InChI is InChI=1S/C31H26N4/c1-21-12-4-7-15-26(21)34-27-16-8-5-13-22(27)24-20-25-23-14-6-9-17-28(23)35(31(25)33(3)30(24)34)29-18-10-11-19-32(29)2/h4-20H,1-3H3/q+2. The van der Waals surface area contributed by atoms with Crippen molar-refractivity contribution in [2.45, 2.75) is 6.92 Å². The van der Waals surface area contributed by atoms with E-state index in [4.69, 9.17) is 0 Å². The molecule has 0 saturated heterocycles. The number of hydrogen-bond donors (Lipinski definition) is 0. The van der Waals surface area contributed by atoms with Crippen LogP contribution in [-0.2, 0) is 14.1 Å². The molecule has 0 aliphatic heterocycles. The van der Waals surface area contributed by atoms with E-state index in [1.165, 1.54) is 55.1 Å². The fourth-order valence-corrected chi connectivity index (χ4v) is 5.73. The number of nitrogens with zero attached hydrogens (tertiary/aromatic N) is 4. The average Bonchev–Trinajstić information content (AvgIpc) is 3.39. The zero-order valence-electron chi connectivity index (χ0n) is 20.1. The van der Waals surface area contributed by atoms with Gasteiger partial charge in [-0.15, -0.1) is 0 Å². The Balaban J connectivity index is 1.76. The van der Waals surface area contributed by atoms with Gasteiger partial charge in [-0.2, -0.15) is 4.57 Å². The molecule has 4 heteroatoms. The van der Waals surface area contributed by atoms with Crippen molar-refractivity contribution in [3.05, 3.63) is 109 Å². The molecular formula is C31H26N4+2. The molecule has 0 aliphatic carbocycles. The average molecular weight is 455 g/mol. The summed E-state index contributed by atoms with van der Waals surface area (Å²) in [6, 6.07) is 34.9. The van der Waals surface area contributed by atoms with Crippen molar-refractivity contribution in [2.24, 2.45) is 14.1 Å². The summed E-state index contributed by atoms with van der Waals surface area (Å²) >= 11 is 0. The summed E-state index contributed by atoms with van der Waals surface area (Å²) in [4.78, 5) is 0. The van der Waals surface area contributed by atoms with Crippen LogP contribution in [0.15, 0.2) is 103 Å². The van der Waals surface area contributed by atoms with E-state index in [2.05, 4.69) is 143 Å². The van der Waals surface area contributed by atoms with Crippen LogP contribution in [0.4, 0.5) is 0 Å². The lowest BCUT2D eigenvalue weighted by Gasteiger charge is -2.10. The second-order valence-electron chi connectivity index (χ2n) is 9.34. The van der Waals surface area contributed by atoms with Crippen molar-refractivity contribution < 1.29 is 9.13 Å². The highest BCUT2D eigenvalue weighted by atomic mass is 15.2. The zero-order valence-corrected chi connectivity index (χ0v) is 20.1. The molecule has 3 aromatic carbocycles. The molecule has 0 amide bonds. The van der Waals surface area contributed by atoms with E-state index in [0.717, 1.165) is 5.82 Å². The highest BCUT2D eigenvalue weighted by Crippen LogP contribution is 2.36. The first kappa shape index (κ1) is 20.0. The van der Waals surface area contributed by atoms with Crippen LogP contribution in [-0.4, -0.2) is 9.13 Å². The molecule has 168 valence electrons. The molecule has 0 atom stereocenters. The smallest absolute Gasteiger partial charge is 0.243 e. The minimum atomic E-state index is 1.13. The summed E-state index contributed by atoms with van der Waals surface area (Å²) < 4.78 is 9.38. The molecule has 0 bridgehead atoms. The third-order valence-electron chi connectivity index (χ3n) is 7.31. The lowest BCUT2D eigenvalue weighted by Crippen LogP contribution is -2.38. The number of aromatic nitrogens is 4. The lowest BCUT2D eigenvalue weighted by molar-refractivity contribution is -0.667. The van der Waals surface area contributed by atoms with E-state index < -0.39 is 0 Å². The van der Waals surface area contributed by atoms with Gasteiger partial charge in [0, 0.05) is 16.8 Å². The molecular weight excluding hydrogens is 428 g/mol. The Morgan fingerprint density at radius 3 is 1.83 bits per heavy atom. The van der Waals surface area contributed by atoms with E-state index in [1.54, 1.807) is 0 Å². The molecule has 35 heavy (non-hydrogen) atoms. The van der Waals surface area contributed by atoms with Crippen LogP contribution in [0.2, 0.25) is 0 Å². The molecule has 0 unspecified atom stereocenters. The third-order valence-corrected chi connectivity index (χ3v) is 7.31. The normalized spacial score (nSPS) is 11.9. The predicted octanol–water partition coefficient (Wildman–Crippen LogP) is 5.84. The van der Waals surface area contributed by atoms with Crippen molar-refractivity contribution in [1.29, 1.82) is 0 Å². The Hall–Kier alpha value is -4.44. The van der Waals surface area contributed by atoms with Crippen molar-refractivity contribution in [3.63, 3.8) is 0 Å². The maximum absolute atomic E-state index is 2.42. The van der Waals surface area contributed by atoms with E-state index in [9.17, 15) is 0 Å². The van der Waals surface area contributed by atoms with Gasteiger partial charge in [0.25, 0.3) is 5.82 Å². The van der Waals surface area contributed by atoms with Crippen LogP contribution in [0.25, 0.3) is 55.4 Å². The molecule has 4 nitrogen and oxygen atoms in total. The van der Waals surface area contributed by atoms with Crippen LogP contribution in [0.1, 0.15) is 5.56 Å². The van der Waals surface area contributed by atoms with E-state index in [0.29, 0.717) is 0 Å². The minimum absolute atomic E-state index is 1.13. The van der Waals surface area contributed by atoms with E-state index >= 15 is 0 Å². The van der Waals surface area contributed by atoms with Crippen molar-refractivity contribution in [3.8, 4) is 11.5 Å². The molecule has 7 aromatic rings. The van der Waals surface area contributed by atoms with Crippen molar-refractivity contribution in [2.75, 3.05) is 0 Å². The van der Waals surface area contributed by atoms with Gasteiger partial charge < -0.3 is 0 Å². The highest BCUT2D eigenvalue weighted by molar-refractivity contribution is 6.14. The van der Waals surface area contributed by atoms with Crippen molar-refractivity contribution in [1.82, 2.24) is 9.13 Å². The Morgan fingerprint density at radius 1 is 0.571 bits per heavy atom. The van der Waals surface area contributed by atoms with E-state index in [-0.39, 0.29) is 0 Å². The fourth-order valence-electron chi connectivity index (χ4n) is 5.73. The summed E-state index contributed by atoms with van der Waals surface area (Å²) in [7, 11) is 4.31. The number of rotatable bonds is 2. The summed E-state index contributed by atoms with van der Waals surface area (Å²) in [5.74, 6) is 1.13. The largest absolute Gasteiger partial charge is 0.261 e. The van der Waals surface area contributed by atoms with Gasteiger partial charge in [0.05, 0.1) is 31.1 Å². The molecule has 4 aromatic heterocycles. The summed E-state index contributed by atoms with van der Waals surface area (Å²) in [5, 5.41) is 5.05. The molecule has 0 N–H and O–H groups in total. The summed E-state index contributed by atoms with van der Waals surface area (Å²) in [6.45, 7) is 2.19. The van der Waals surface area contributed by atoms with Gasteiger partial charge in [-0.1, -0.05) is 60.7 Å². The summed E-state index contributed by atoms with van der Waals surface area (Å²) in [6.07, 6.45) is 2.11. The number of fused-ring (bicyclic) bond motifs is 6. The number of aryl methyl sites for hydroxylation is 3. The molecule has 0 saturated carbocycles. The Morgan fingerprint density at radius 2 is 1.14 bits per heavy atom. The first-order valence-electron chi connectivity index (χ1n) is 12.0. The monoisotopic (exact) mass is 454 g/mol. The molecule has 0 radical (unpaired) electrons. The van der Waals surface area contributed by atoms with Crippen LogP contribution in [0.3, 0.4) is 0 Å². The van der Waals surface area contributed by atoms with Gasteiger partial charge in [-0.05, 0) is 42.8 Å². The fraction of sp³-hybridized carbons (Fsp3) is 0.0968. The molecule has 0 aliphatic rings. The second kappa shape index (κ2) is 7.28. The minimum Gasteiger partial charge on any atom is -0.243 e. The molecule has 0 spiro atoms. The van der Waals surface area contributed by atoms with Crippen molar-refractivity contribution >= 4 is 43.9 Å². The second-order valence-corrected chi connectivity index (χ2v) is 9.34. The van der Waals surface area contributed by atoms with Gasteiger partial charge in [0.1, 0.15) is 16.7 Å². The van der Waals surface area contributed by atoms with Gasteiger partial charge >= 0.3 is 0 Å². The molecule has 4 heterocycles. The number of para-hydroxylation sites is 3. The lowest BCUT2D eigenvalue weighted by atomic mass is 10.1. The maximum Gasteiger partial charge on any atom is 0.261 e. The first-order valence-corrected chi connectivity index (χ1v) is 12.0. The number of pyridine rings is 2. The SMILES string of the molecule is Cc1ccccc1-n1c2ccccc2c2cc3c4ccccc4n(-c4cccc[n+]4C)c3[n+](C)c21. The van der Waals surface area contributed by atoms with Crippen LogP contribution in [0, 0.1) is 6.92 Å². The van der Waals surface area contributed by atoms with Gasteiger partial charge in [-0.3, -0.25) is 0 Å². The Bertz CT molecular complexity index is 1800. The van der Waals surface area contributed by atoms with E-state index in [1.807, 2.05) is 0 Å². The molecule has 0 fully saturated rings. The quantitative estimate of drug-likeness (QED) is 0.292. The van der Waals surface area contributed by atoms with Gasteiger partial charge in [0.2, 0.25) is 11.3 Å².